The molecule has 1 saturated heterocycles. The fourth-order valence-electron chi connectivity index (χ4n) is 6.02. The highest BCUT2D eigenvalue weighted by molar-refractivity contribution is 5.83. The Hall–Kier alpha value is -3.38. The van der Waals surface area contributed by atoms with E-state index in [1.807, 2.05) is 24.3 Å². The highest BCUT2D eigenvalue weighted by Crippen LogP contribution is 2.59. The Morgan fingerprint density at radius 2 is 2.08 bits per heavy atom. The number of anilines is 1. The van der Waals surface area contributed by atoms with E-state index in [1.165, 1.54) is 29.4 Å². The summed E-state index contributed by atoms with van der Waals surface area (Å²) in [6.07, 6.45) is 1.99. The van der Waals surface area contributed by atoms with Crippen molar-refractivity contribution in [1.29, 1.82) is 0 Å². The van der Waals surface area contributed by atoms with Gasteiger partial charge < -0.3 is 19.7 Å². The third-order valence-corrected chi connectivity index (χ3v) is 8.27. The molecule has 6 nitrogen and oxygen atoms in total. The molecule has 2 aliphatic heterocycles. The molecule has 2 atom stereocenters. The Labute approximate surface area is 212 Å². The molecule has 1 saturated carbocycles. The number of aromatic nitrogens is 1. The van der Waals surface area contributed by atoms with E-state index in [4.69, 9.17) is 14.5 Å². The molecule has 0 unspecified atom stereocenters. The number of aryl methyl sites for hydroxylation is 1. The van der Waals surface area contributed by atoms with Crippen LogP contribution in [0.3, 0.4) is 0 Å². The fraction of sp³-hybridized carbons (Fsp3) is 0.400. The smallest absolute Gasteiger partial charge is 0.313 e. The summed E-state index contributed by atoms with van der Waals surface area (Å²) < 4.78 is 11.5. The van der Waals surface area contributed by atoms with E-state index in [0.717, 1.165) is 60.9 Å². The summed E-state index contributed by atoms with van der Waals surface area (Å²) in [5.41, 5.74) is 8.12. The molecule has 0 amide bonds. The van der Waals surface area contributed by atoms with Gasteiger partial charge in [-0.3, -0.25) is 4.79 Å². The third-order valence-electron chi connectivity index (χ3n) is 8.27. The van der Waals surface area contributed by atoms with Gasteiger partial charge in [0.1, 0.15) is 18.2 Å². The first kappa shape index (κ1) is 23.0. The van der Waals surface area contributed by atoms with Crippen LogP contribution >= 0.6 is 0 Å². The van der Waals surface area contributed by atoms with Gasteiger partial charge in [0, 0.05) is 25.2 Å². The second-order valence-corrected chi connectivity index (χ2v) is 10.5. The topological polar surface area (TPSA) is 63.7 Å². The SMILES string of the molecule is COC(=O)[C@]12C[C@H]1CN(c1cccc(-c3cc(C)ccc3OCc3ccc4c(c3C)CCNC4)n1)C2. The minimum atomic E-state index is -0.340. The van der Waals surface area contributed by atoms with Crippen LogP contribution in [0.1, 0.15) is 34.2 Å². The molecular weight excluding hydrogens is 450 g/mol. The molecule has 186 valence electrons. The summed E-state index contributed by atoms with van der Waals surface area (Å²) >= 11 is 0. The fourth-order valence-corrected chi connectivity index (χ4v) is 6.02. The maximum atomic E-state index is 12.3. The lowest BCUT2D eigenvalue weighted by Crippen LogP contribution is -2.29. The molecule has 0 bridgehead atoms. The molecule has 0 radical (unpaired) electrons. The standard InChI is InChI=1S/C30H33N3O3/c1-19-7-10-27(36-17-22-9-8-21-15-31-12-11-24(21)20(22)2)25(13-19)26-5-4-6-28(32-26)33-16-23-14-30(23,18-33)29(34)35-3/h4-10,13,23,31H,11-12,14-18H2,1-3H3/t23-,30-/m0/s1. The van der Waals surface area contributed by atoms with Crippen LogP contribution in [0, 0.1) is 25.2 Å². The van der Waals surface area contributed by atoms with Crippen molar-refractivity contribution >= 4 is 11.8 Å². The van der Waals surface area contributed by atoms with E-state index in [2.05, 4.69) is 48.3 Å². The zero-order valence-corrected chi connectivity index (χ0v) is 21.3. The highest BCUT2D eigenvalue weighted by Gasteiger charge is 2.66. The molecule has 0 spiro atoms. The molecule has 6 heteroatoms. The predicted octanol–water partition coefficient (Wildman–Crippen LogP) is 4.59. The average molecular weight is 484 g/mol. The van der Waals surface area contributed by atoms with Crippen molar-refractivity contribution in [3.05, 3.63) is 76.3 Å². The highest BCUT2D eigenvalue weighted by atomic mass is 16.5. The zero-order valence-electron chi connectivity index (χ0n) is 21.3. The predicted molar refractivity (Wildman–Crippen MR) is 140 cm³/mol. The minimum Gasteiger partial charge on any atom is -0.488 e. The van der Waals surface area contributed by atoms with Gasteiger partial charge in [-0.05, 0) is 85.7 Å². The van der Waals surface area contributed by atoms with Crippen molar-refractivity contribution in [2.75, 3.05) is 31.6 Å². The number of ether oxygens (including phenoxy) is 2. The van der Waals surface area contributed by atoms with Gasteiger partial charge in [0.05, 0.1) is 18.2 Å². The number of methoxy groups -OCH3 is 1. The van der Waals surface area contributed by atoms with Crippen LogP contribution in [0.25, 0.3) is 11.3 Å². The Bertz CT molecular complexity index is 1340. The third kappa shape index (κ3) is 3.94. The summed E-state index contributed by atoms with van der Waals surface area (Å²) in [6, 6.07) is 16.8. The number of hydrogen-bond acceptors (Lipinski definition) is 6. The number of carbonyl (C=O) groups is 1. The molecule has 2 fully saturated rings. The molecule has 2 aromatic carbocycles. The average Bonchev–Trinajstić information content (AvgIpc) is 3.48. The number of fused-ring (bicyclic) bond motifs is 2. The van der Waals surface area contributed by atoms with Crippen molar-refractivity contribution in [3.63, 3.8) is 0 Å². The Morgan fingerprint density at radius 3 is 2.94 bits per heavy atom. The number of esters is 1. The number of benzene rings is 2. The van der Waals surface area contributed by atoms with Crippen molar-refractivity contribution in [2.45, 2.75) is 39.8 Å². The lowest BCUT2D eigenvalue weighted by Gasteiger charge is -2.22. The van der Waals surface area contributed by atoms with E-state index < -0.39 is 0 Å². The second-order valence-electron chi connectivity index (χ2n) is 10.5. The van der Waals surface area contributed by atoms with Gasteiger partial charge in [-0.25, -0.2) is 4.98 Å². The maximum absolute atomic E-state index is 12.3. The van der Waals surface area contributed by atoms with Gasteiger partial charge in [-0.1, -0.05) is 29.8 Å². The normalized spacial score (nSPS) is 22.1. The number of hydrogen-bond donors (Lipinski definition) is 1. The second kappa shape index (κ2) is 8.93. The molecule has 3 heterocycles. The van der Waals surface area contributed by atoms with Crippen molar-refractivity contribution < 1.29 is 14.3 Å². The lowest BCUT2D eigenvalue weighted by atomic mass is 9.93. The molecule has 6 rings (SSSR count). The largest absolute Gasteiger partial charge is 0.488 e. The molecule has 1 aliphatic carbocycles. The number of piperidine rings is 1. The number of carbonyl (C=O) groups excluding carboxylic acids is 1. The van der Waals surface area contributed by atoms with E-state index in [0.29, 0.717) is 19.1 Å². The Balaban J connectivity index is 1.25. The molecule has 3 aliphatic rings. The molecule has 36 heavy (non-hydrogen) atoms. The first-order valence-corrected chi connectivity index (χ1v) is 12.8. The monoisotopic (exact) mass is 483 g/mol. The summed E-state index contributed by atoms with van der Waals surface area (Å²) in [7, 11) is 1.48. The first-order chi connectivity index (χ1) is 17.5. The Morgan fingerprint density at radius 1 is 1.19 bits per heavy atom. The van der Waals surface area contributed by atoms with Crippen molar-refractivity contribution in [1.82, 2.24) is 10.3 Å². The van der Waals surface area contributed by atoms with Crippen LogP contribution in [0.2, 0.25) is 0 Å². The van der Waals surface area contributed by atoms with Crippen LogP contribution in [-0.4, -0.2) is 37.7 Å². The lowest BCUT2D eigenvalue weighted by molar-refractivity contribution is -0.146. The maximum Gasteiger partial charge on any atom is 0.313 e. The molecule has 3 aromatic rings. The quantitative estimate of drug-likeness (QED) is 0.518. The van der Waals surface area contributed by atoms with Crippen molar-refractivity contribution in [2.24, 2.45) is 11.3 Å². The van der Waals surface area contributed by atoms with Crippen LogP contribution in [0.5, 0.6) is 5.75 Å². The molecular formula is C30H33N3O3. The van der Waals surface area contributed by atoms with Crippen molar-refractivity contribution in [3.8, 4) is 17.0 Å². The van der Waals surface area contributed by atoms with Gasteiger partial charge in [0.2, 0.25) is 0 Å². The summed E-state index contributed by atoms with van der Waals surface area (Å²) in [4.78, 5) is 19.6. The number of pyridine rings is 1. The van der Waals surface area contributed by atoms with Gasteiger partial charge in [0.15, 0.2) is 0 Å². The van der Waals surface area contributed by atoms with Gasteiger partial charge >= 0.3 is 5.97 Å². The van der Waals surface area contributed by atoms with E-state index >= 15 is 0 Å². The zero-order chi connectivity index (χ0) is 24.9. The van der Waals surface area contributed by atoms with Gasteiger partial charge in [0.25, 0.3) is 0 Å². The summed E-state index contributed by atoms with van der Waals surface area (Å²) in [6.45, 7) is 8.32. The first-order valence-electron chi connectivity index (χ1n) is 12.8. The number of rotatable bonds is 6. The molecule has 1 aromatic heterocycles. The van der Waals surface area contributed by atoms with E-state index in [1.54, 1.807) is 0 Å². The van der Waals surface area contributed by atoms with Crippen LogP contribution in [-0.2, 0) is 29.1 Å². The Kier molecular flexibility index (Phi) is 5.72. The number of nitrogens with zero attached hydrogens (tertiary/aromatic N) is 2. The van der Waals surface area contributed by atoms with Gasteiger partial charge in [-0.15, -0.1) is 0 Å². The summed E-state index contributed by atoms with van der Waals surface area (Å²) in [5.74, 6) is 2.01. The molecule has 1 N–H and O–H groups in total. The van der Waals surface area contributed by atoms with Gasteiger partial charge in [-0.2, -0.15) is 0 Å². The van der Waals surface area contributed by atoms with Crippen LogP contribution in [0.4, 0.5) is 5.82 Å². The summed E-state index contributed by atoms with van der Waals surface area (Å²) in [5, 5.41) is 3.45. The van der Waals surface area contributed by atoms with E-state index in [9.17, 15) is 4.79 Å². The van der Waals surface area contributed by atoms with Crippen LogP contribution in [0.15, 0.2) is 48.5 Å². The minimum absolute atomic E-state index is 0.0886. The van der Waals surface area contributed by atoms with Crippen LogP contribution < -0.4 is 15.0 Å². The van der Waals surface area contributed by atoms with E-state index in [-0.39, 0.29) is 11.4 Å². The number of nitrogens with one attached hydrogen (secondary N) is 1.